The summed E-state index contributed by atoms with van der Waals surface area (Å²) < 4.78 is 5.18. The van der Waals surface area contributed by atoms with E-state index in [4.69, 9.17) is 4.74 Å². The van der Waals surface area contributed by atoms with Crippen LogP contribution < -0.4 is 10.1 Å². The second kappa shape index (κ2) is 7.68. The van der Waals surface area contributed by atoms with Crippen LogP contribution in [-0.4, -0.2) is 61.2 Å². The molecular weight excluding hydrogens is 290 g/mol. The molecule has 0 radical (unpaired) electrons. The van der Waals surface area contributed by atoms with Gasteiger partial charge < -0.3 is 15.0 Å². The first kappa shape index (κ1) is 17.6. The van der Waals surface area contributed by atoms with Gasteiger partial charge in [0.15, 0.2) is 0 Å². The monoisotopic (exact) mass is 319 g/mol. The van der Waals surface area contributed by atoms with Crippen LogP contribution in [0.1, 0.15) is 26.3 Å². The molecule has 0 bridgehead atoms. The van der Waals surface area contributed by atoms with Crippen LogP contribution >= 0.6 is 0 Å². The van der Waals surface area contributed by atoms with E-state index in [9.17, 15) is 4.79 Å². The number of methoxy groups -OCH3 is 1. The molecular formula is C18H29N3O2. The molecule has 2 amide bonds. The second-order valence-corrected chi connectivity index (χ2v) is 7.11. The van der Waals surface area contributed by atoms with Crippen LogP contribution in [0.3, 0.4) is 0 Å². The van der Waals surface area contributed by atoms with Gasteiger partial charge in [0.05, 0.1) is 7.11 Å². The van der Waals surface area contributed by atoms with Gasteiger partial charge >= 0.3 is 6.03 Å². The Morgan fingerprint density at radius 2 is 1.74 bits per heavy atom. The van der Waals surface area contributed by atoms with E-state index in [0.29, 0.717) is 0 Å². The Morgan fingerprint density at radius 1 is 1.13 bits per heavy atom. The standard InChI is InChI=1S/C18H29N3O2/c1-18(2,3)19-17(22)21-13-11-20(12-14-21)10-9-15-5-7-16(23-4)8-6-15/h5-8H,9-14H2,1-4H3,(H,19,22). The predicted molar refractivity (Wildman–Crippen MR) is 93.0 cm³/mol. The third-order valence-electron chi connectivity index (χ3n) is 4.02. The number of hydrogen-bond donors (Lipinski definition) is 1. The van der Waals surface area contributed by atoms with Crippen molar-refractivity contribution in [1.29, 1.82) is 0 Å². The smallest absolute Gasteiger partial charge is 0.317 e. The average molecular weight is 319 g/mol. The Hall–Kier alpha value is -1.75. The predicted octanol–water partition coefficient (Wildman–Crippen LogP) is 2.36. The van der Waals surface area contributed by atoms with Crippen LogP contribution in [0.4, 0.5) is 4.79 Å². The van der Waals surface area contributed by atoms with E-state index in [-0.39, 0.29) is 11.6 Å². The first-order valence-electron chi connectivity index (χ1n) is 8.30. The summed E-state index contributed by atoms with van der Waals surface area (Å²) in [6.07, 6.45) is 1.03. The Labute approximate surface area is 139 Å². The summed E-state index contributed by atoms with van der Waals surface area (Å²) in [7, 11) is 1.68. The summed E-state index contributed by atoms with van der Waals surface area (Å²) in [6, 6.07) is 8.29. The number of ether oxygens (including phenoxy) is 1. The summed E-state index contributed by atoms with van der Waals surface area (Å²) in [5, 5.41) is 3.03. The summed E-state index contributed by atoms with van der Waals surface area (Å²) in [5.74, 6) is 0.896. The number of amides is 2. The first-order chi connectivity index (χ1) is 10.9. The SMILES string of the molecule is COc1ccc(CCN2CCN(C(=O)NC(C)(C)C)CC2)cc1. The van der Waals surface area contributed by atoms with Crippen LogP contribution in [0.2, 0.25) is 0 Å². The molecule has 1 aliphatic rings. The van der Waals surface area contributed by atoms with Crippen molar-refractivity contribution in [3.05, 3.63) is 29.8 Å². The van der Waals surface area contributed by atoms with Crippen LogP contribution in [0.25, 0.3) is 0 Å². The molecule has 0 unspecified atom stereocenters. The van der Waals surface area contributed by atoms with E-state index >= 15 is 0 Å². The number of nitrogens with one attached hydrogen (secondary N) is 1. The maximum atomic E-state index is 12.1. The van der Waals surface area contributed by atoms with Gasteiger partial charge in [-0.1, -0.05) is 12.1 Å². The lowest BCUT2D eigenvalue weighted by Crippen LogP contribution is -2.55. The highest BCUT2D eigenvalue weighted by molar-refractivity contribution is 5.75. The van der Waals surface area contributed by atoms with E-state index in [1.807, 2.05) is 37.8 Å². The molecule has 0 aromatic heterocycles. The molecule has 5 heteroatoms. The molecule has 1 aromatic rings. The fraction of sp³-hybridized carbons (Fsp3) is 0.611. The molecule has 1 fully saturated rings. The number of piperazine rings is 1. The van der Waals surface area contributed by atoms with Crippen molar-refractivity contribution < 1.29 is 9.53 Å². The fourth-order valence-electron chi connectivity index (χ4n) is 2.65. The summed E-state index contributed by atoms with van der Waals surface area (Å²) in [4.78, 5) is 16.5. The number of urea groups is 1. The minimum atomic E-state index is -0.178. The van der Waals surface area contributed by atoms with Crippen LogP contribution in [0.5, 0.6) is 5.75 Å². The Bertz CT molecular complexity index is 500. The maximum absolute atomic E-state index is 12.1. The highest BCUT2D eigenvalue weighted by atomic mass is 16.5. The molecule has 2 rings (SSSR count). The molecule has 5 nitrogen and oxygen atoms in total. The first-order valence-corrected chi connectivity index (χ1v) is 8.30. The van der Waals surface area contributed by atoms with Crippen molar-refractivity contribution >= 4 is 6.03 Å². The van der Waals surface area contributed by atoms with Gasteiger partial charge in [0, 0.05) is 38.3 Å². The summed E-state index contributed by atoms with van der Waals surface area (Å²) >= 11 is 0. The number of benzene rings is 1. The zero-order chi connectivity index (χ0) is 16.9. The van der Waals surface area contributed by atoms with Gasteiger partial charge in [0.1, 0.15) is 5.75 Å². The van der Waals surface area contributed by atoms with Gasteiger partial charge in [-0.25, -0.2) is 4.79 Å². The highest BCUT2D eigenvalue weighted by Gasteiger charge is 2.23. The van der Waals surface area contributed by atoms with Crippen molar-refractivity contribution in [1.82, 2.24) is 15.1 Å². The van der Waals surface area contributed by atoms with Crippen LogP contribution in [0.15, 0.2) is 24.3 Å². The Balaban J connectivity index is 1.73. The van der Waals surface area contributed by atoms with Gasteiger partial charge in [-0.3, -0.25) is 4.90 Å². The fourth-order valence-corrected chi connectivity index (χ4v) is 2.65. The van der Waals surface area contributed by atoms with Gasteiger partial charge in [-0.05, 0) is 44.9 Å². The molecule has 1 N–H and O–H groups in total. The van der Waals surface area contributed by atoms with Crippen molar-refractivity contribution in [2.45, 2.75) is 32.7 Å². The molecule has 0 aliphatic carbocycles. The average Bonchev–Trinajstić information content (AvgIpc) is 2.52. The topological polar surface area (TPSA) is 44.8 Å². The molecule has 1 saturated heterocycles. The van der Waals surface area contributed by atoms with Crippen molar-refractivity contribution in [3.63, 3.8) is 0 Å². The zero-order valence-electron chi connectivity index (χ0n) is 14.8. The second-order valence-electron chi connectivity index (χ2n) is 7.11. The molecule has 0 atom stereocenters. The third kappa shape index (κ3) is 5.75. The Morgan fingerprint density at radius 3 is 2.26 bits per heavy atom. The molecule has 23 heavy (non-hydrogen) atoms. The normalized spacial score (nSPS) is 16.3. The quantitative estimate of drug-likeness (QED) is 0.926. The minimum absolute atomic E-state index is 0.0484. The molecule has 128 valence electrons. The largest absolute Gasteiger partial charge is 0.497 e. The third-order valence-corrected chi connectivity index (χ3v) is 4.02. The van der Waals surface area contributed by atoms with E-state index < -0.39 is 0 Å². The summed E-state index contributed by atoms with van der Waals surface area (Å²) in [6.45, 7) is 10.5. The molecule has 1 aliphatic heterocycles. The van der Waals surface area contributed by atoms with Gasteiger partial charge in [0.25, 0.3) is 0 Å². The minimum Gasteiger partial charge on any atom is -0.497 e. The van der Waals surface area contributed by atoms with E-state index in [1.54, 1.807) is 7.11 Å². The van der Waals surface area contributed by atoms with E-state index in [1.165, 1.54) is 5.56 Å². The van der Waals surface area contributed by atoms with Gasteiger partial charge in [0.2, 0.25) is 0 Å². The van der Waals surface area contributed by atoms with Gasteiger partial charge in [-0.15, -0.1) is 0 Å². The lowest BCUT2D eigenvalue weighted by Gasteiger charge is -2.36. The summed E-state index contributed by atoms with van der Waals surface area (Å²) in [5.41, 5.74) is 1.14. The van der Waals surface area contributed by atoms with Crippen molar-refractivity contribution in [3.8, 4) is 5.75 Å². The molecule has 1 aromatic carbocycles. The maximum Gasteiger partial charge on any atom is 0.317 e. The number of rotatable bonds is 4. The van der Waals surface area contributed by atoms with E-state index in [2.05, 4.69) is 22.3 Å². The van der Waals surface area contributed by atoms with Crippen molar-refractivity contribution in [2.75, 3.05) is 39.8 Å². The molecule has 0 spiro atoms. The number of carbonyl (C=O) groups is 1. The van der Waals surface area contributed by atoms with E-state index in [0.717, 1.165) is 44.9 Å². The molecule has 0 saturated carbocycles. The Kier molecular flexibility index (Phi) is 5.88. The van der Waals surface area contributed by atoms with Crippen LogP contribution in [0, 0.1) is 0 Å². The van der Waals surface area contributed by atoms with Crippen molar-refractivity contribution in [2.24, 2.45) is 0 Å². The number of carbonyl (C=O) groups excluding carboxylic acids is 1. The lowest BCUT2D eigenvalue weighted by molar-refractivity contribution is 0.135. The van der Waals surface area contributed by atoms with Crippen LogP contribution in [-0.2, 0) is 6.42 Å². The highest BCUT2D eigenvalue weighted by Crippen LogP contribution is 2.12. The van der Waals surface area contributed by atoms with Gasteiger partial charge in [-0.2, -0.15) is 0 Å². The zero-order valence-corrected chi connectivity index (χ0v) is 14.8. The lowest BCUT2D eigenvalue weighted by atomic mass is 10.1. The number of nitrogens with zero attached hydrogens (tertiary/aromatic N) is 2. The number of hydrogen-bond acceptors (Lipinski definition) is 3. The molecule has 1 heterocycles.